The van der Waals surface area contributed by atoms with E-state index in [0.717, 1.165) is 16.8 Å². The molecule has 1 aliphatic heterocycles. The van der Waals surface area contributed by atoms with Gasteiger partial charge >= 0.3 is 0 Å². The average molecular weight is 568 g/mol. The van der Waals surface area contributed by atoms with Crippen molar-refractivity contribution in [2.75, 3.05) is 30.9 Å². The van der Waals surface area contributed by atoms with Gasteiger partial charge in [0.2, 0.25) is 11.9 Å². The molecule has 41 heavy (non-hydrogen) atoms. The number of nitrogens with zero attached hydrogens (tertiary/aromatic N) is 6. The fourth-order valence-corrected chi connectivity index (χ4v) is 4.69. The van der Waals surface area contributed by atoms with Crippen molar-refractivity contribution >= 4 is 40.7 Å². The highest BCUT2D eigenvalue weighted by Crippen LogP contribution is 2.36. The predicted molar refractivity (Wildman–Crippen MR) is 160 cm³/mol. The molecule has 0 bridgehead atoms. The first-order chi connectivity index (χ1) is 19.8. The molecule has 0 atom stereocenters. The van der Waals surface area contributed by atoms with Gasteiger partial charge in [-0.05, 0) is 66.1 Å². The van der Waals surface area contributed by atoms with E-state index in [9.17, 15) is 14.9 Å². The topological polar surface area (TPSA) is 115 Å². The number of halogens is 1. The van der Waals surface area contributed by atoms with Crippen LogP contribution in [0.15, 0.2) is 67.0 Å². The highest BCUT2D eigenvalue weighted by molar-refractivity contribution is 6.30. The number of carbonyl (C=O) groups is 2. The van der Waals surface area contributed by atoms with E-state index in [4.69, 9.17) is 11.6 Å². The van der Waals surface area contributed by atoms with E-state index in [1.54, 1.807) is 79.9 Å². The van der Waals surface area contributed by atoms with E-state index in [2.05, 4.69) is 26.3 Å². The Kier molecular flexibility index (Phi) is 9.27. The molecule has 2 aromatic carbocycles. The van der Waals surface area contributed by atoms with Crippen LogP contribution < -0.4 is 10.2 Å². The second-order valence-corrected chi connectivity index (χ2v) is 9.59. The molecule has 0 aliphatic carbocycles. The van der Waals surface area contributed by atoms with Gasteiger partial charge in [-0.3, -0.25) is 9.59 Å². The van der Waals surface area contributed by atoms with Crippen molar-refractivity contribution in [3.63, 3.8) is 0 Å². The average Bonchev–Trinajstić information content (AvgIpc) is 3.43. The number of fused-ring (bicyclic) bond motifs is 1. The second kappa shape index (κ2) is 13.0. The number of amides is 2. The molecule has 4 aromatic rings. The lowest BCUT2D eigenvalue weighted by molar-refractivity contribution is -0.117. The zero-order valence-corrected chi connectivity index (χ0v) is 24.1. The van der Waals surface area contributed by atoms with Gasteiger partial charge in [-0.1, -0.05) is 31.5 Å². The lowest BCUT2D eigenvalue weighted by Crippen LogP contribution is -2.31. The number of anilines is 3. The molecule has 5 rings (SSSR count). The van der Waals surface area contributed by atoms with Gasteiger partial charge in [0.05, 0.1) is 23.4 Å². The number of hydrogen-bond donors (Lipinski definition) is 1. The third kappa shape index (κ3) is 6.51. The maximum atomic E-state index is 13.1. The van der Waals surface area contributed by atoms with Gasteiger partial charge in [-0.25, -0.2) is 15.0 Å². The molecule has 0 saturated heterocycles. The molecular weight excluding hydrogens is 538 g/mol. The van der Waals surface area contributed by atoms with E-state index in [-0.39, 0.29) is 18.2 Å². The maximum Gasteiger partial charge on any atom is 0.253 e. The van der Waals surface area contributed by atoms with Crippen LogP contribution in [-0.2, 0) is 17.6 Å². The second-order valence-electron chi connectivity index (χ2n) is 9.24. The van der Waals surface area contributed by atoms with Crippen LogP contribution in [-0.4, -0.2) is 52.3 Å². The lowest BCUT2D eigenvalue weighted by Gasteiger charge is -2.19. The molecule has 3 heterocycles. The summed E-state index contributed by atoms with van der Waals surface area (Å²) >= 11 is 6.15. The molecule has 10 heteroatoms. The minimum absolute atomic E-state index is 0.0779. The van der Waals surface area contributed by atoms with Gasteiger partial charge in [0.25, 0.3) is 5.91 Å². The van der Waals surface area contributed by atoms with E-state index >= 15 is 0 Å². The Labute approximate surface area is 244 Å². The van der Waals surface area contributed by atoms with Crippen molar-refractivity contribution in [1.29, 1.82) is 5.26 Å². The minimum atomic E-state index is -0.139. The highest BCUT2D eigenvalue weighted by Gasteiger charge is 2.29. The zero-order chi connectivity index (χ0) is 29.5. The smallest absolute Gasteiger partial charge is 0.253 e. The molecule has 0 radical (unpaired) electrons. The molecule has 208 valence electrons. The number of nitriles is 1. The standard InChI is InChI=1S/C29H24ClN7O2.C2H6/c1-36(2)28(39)18-5-7-23(8-6-18)34-29-33-12-9-24(35-29)21-14-19-10-13-37(26(19)22(15-21)17-31)25(38)16-20-4-3-11-32-27(20)30;1-2/h3-9,11-12,14-15H,10,13,16H2,1-2H3,(H,33,34,35);1-2H3. The molecule has 1 N–H and O–H groups in total. The third-order valence-corrected chi connectivity index (χ3v) is 6.75. The van der Waals surface area contributed by atoms with Crippen molar-refractivity contribution in [3.05, 3.63) is 94.4 Å². The van der Waals surface area contributed by atoms with Gasteiger partial charge in [0.1, 0.15) is 11.2 Å². The zero-order valence-electron chi connectivity index (χ0n) is 23.3. The third-order valence-electron chi connectivity index (χ3n) is 6.41. The molecule has 2 amide bonds. The summed E-state index contributed by atoms with van der Waals surface area (Å²) in [5, 5.41) is 13.4. The molecule has 1 aliphatic rings. The van der Waals surface area contributed by atoms with Crippen molar-refractivity contribution in [2.45, 2.75) is 26.7 Å². The maximum absolute atomic E-state index is 13.1. The Morgan fingerprint density at radius 2 is 1.83 bits per heavy atom. The fourth-order valence-electron chi connectivity index (χ4n) is 4.50. The molecule has 0 fully saturated rings. The van der Waals surface area contributed by atoms with Crippen LogP contribution in [0.3, 0.4) is 0 Å². The summed E-state index contributed by atoms with van der Waals surface area (Å²) in [6.45, 7) is 4.48. The fraction of sp³-hybridized carbons (Fsp3) is 0.226. The summed E-state index contributed by atoms with van der Waals surface area (Å²) in [6, 6.07) is 18.3. The number of benzene rings is 2. The summed E-state index contributed by atoms with van der Waals surface area (Å²) in [5.41, 5.74) is 5.29. The first kappa shape index (κ1) is 29.2. The van der Waals surface area contributed by atoms with Gasteiger partial charge in [0.15, 0.2) is 0 Å². The van der Waals surface area contributed by atoms with Crippen molar-refractivity contribution in [2.24, 2.45) is 0 Å². The van der Waals surface area contributed by atoms with Crippen LogP contribution in [0.4, 0.5) is 17.3 Å². The molecule has 0 unspecified atom stereocenters. The van der Waals surface area contributed by atoms with E-state index in [0.29, 0.717) is 52.1 Å². The van der Waals surface area contributed by atoms with Crippen molar-refractivity contribution in [1.82, 2.24) is 19.9 Å². The molecular formula is C31H30ClN7O2. The first-order valence-electron chi connectivity index (χ1n) is 13.2. The van der Waals surface area contributed by atoms with Crippen LogP contribution in [0.2, 0.25) is 5.15 Å². The SMILES string of the molecule is CC.CN(C)C(=O)c1ccc(Nc2nccc(-c3cc(C#N)c4c(c3)CCN4C(=O)Cc3cccnc3Cl)n2)cc1. The Balaban J connectivity index is 0.00000189. The summed E-state index contributed by atoms with van der Waals surface area (Å²) in [4.78, 5) is 41.4. The van der Waals surface area contributed by atoms with Gasteiger partial charge in [-0.15, -0.1) is 0 Å². The summed E-state index contributed by atoms with van der Waals surface area (Å²) in [6.07, 6.45) is 3.94. The van der Waals surface area contributed by atoms with Crippen LogP contribution in [0, 0.1) is 11.3 Å². The van der Waals surface area contributed by atoms with E-state index in [1.807, 2.05) is 19.9 Å². The van der Waals surface area contributed by atoms with Gasteiger partial charge in [-0.2, -0.15) is 5.26 Å². The minimum Gasteiger partial charge on any atom is -0.345 e. The summed E-state index contributed by atoms with van der Waals surface area (Å²) in [7, 11) is 3.41. The number of rotatable bonds is 6. The predicted octanol–water partition coefficient (Wildman–Crippen LogP) is 5.67. The van der Waals surface area contributed by atoms with Gasteiger partial charge in [0, 0.05) is 49.8 Å². The number of hydrogen-bond acceptors (Lipinski definition) is 7. The van der Waals surface area contributed by atoms with E-state index < -0.39 is 0 Å². The Hall–Kier alpha value is -4.81. The van der Waals surface area contributed by atoms with E-state index in [1.165, 1.54) is 4.90 Å². The number of aromatic nitrogens is 3. The number of carbonyl (C=O) groups excluding carboxylic acids is 2. The number of pyridine rings is 1. The first-order valence-corrected chi connectivity index (χ1v) is 13.6. The van der Waals surface area contributed by atoms with Crippen LogP contribution >= 0.6 is 11.6 Å². The Bertz CT molecular complexity index is 1610. The van der Waals surface area contributed by atoms with Crippen molar-refractivity contribution in [3.8, 4) is 17.3 Å². The normalized spacial score (nSPS) is 11.6. The molecule has 2 aromatic heterocycles. The van der Waals surface area contributed by atoms with Gasteiger partial charge < -0.3 is 15.1 Å². The summed E-state index contributed by atoms with van der Waals surface area (Å²) in [5.74, 6) is 0.161. The quantitative estimate of drug-likeness (QED) is 0.299. The monoisotopic (exact) mass is 567 g/mol. The van der Waals surface area contributed by atoms with Crippen LogP contribution in [0.1, 0.15) is 40.9 Å². The Morgan fingerprint density at radius 1 is 1.07 bits per heavy atom. The van der Waals surface area contributed by atoms with Crippen LogP contribution in [0.5, 0.6) is 0 Å². The largest absolute Gasteiger partial charge is 0.345 e. The van der Waals surface area contributed by atoms with Crippen LogP contribution in [0.25, 0.3) is 11.3 Å². The molecule has 0 spiro atoms. The highest BCUT2D eigenvalue weighted by atomic mass is 35.5. The lowest BCUT2D eigenvalue weighted by atomic mass is 10.0. The Morgan fingerprint density at radius 3 is 2.51 bits per heavy atom. The molecule has 0 saturated carbocycles. The molecule has 9 nitrogen and oxygen atoms in total. The number of nitrogens with one attached hydrogen (secondary N) is 1. The summed E-state index contributed by atoms with van der Waals surface area (Å²) < 4.78 is 0. The van der Waals surface area contributed by atoms with Crippen molar-refractivity contribution < 1.29 is 9.59 Å².